The van der Waals surface area contributed by atoms with Gasteiger partial charge in [0.25, 0.3) is 11.8 Å². The molecule has 2 saturated heterocycles. The first-order valence-electron chi connectivity index (χ1n) is 9.17. The number of carbonyl (C=O) groups is 2. The summed E-state index contributed by atoms with van der Waals surface area (Å²) in [5.41, 5.74) is 2.13. The largest absolute Gasteiger partial charge is 0.372 e. The smallest absolute Gasteiger partial charge is 0.254 e. The first kappa shape index (κ1) is 14.9. The fourth-order valence-corrected chi connectivity index (χ4v) is 4.87. The molecule has 5 heteroatoms. The summed E-state index contributed by atoms with van der Waals surface area (Å²) in [7, 11) is 0. The highest BCUT2D eigenvalue weighted by Crippen LogP contribution is 2.52. The zero-order valence-corrected chi connectivity index (χ0v) is 14.0. The van der Waals surface area contributed by atoms with Gasteiger partial charge in [-0.25, -0.2) is 0 Å². The van der Waals surface area contributed by atoms with Crippen LogP contribution in [-0.2, 0) is 9.59 Å². The molecule has 4 atom stereocenters. The number of carbonyl (C=O) groups excluding carboxylic acids is 2. The van der Waals surface area contributed by atoms with Crippen molar-refractivity contribution in [2.24, 2.45) is 28.8 Å². The molecule has 1 saturated carbocycles. The van der Waals surface area contributed by atoms with Crippen molar-refractivity contribution in [2.75, 3.05) is 18.0 Å². The van der Waals surface area contributed by atoms with Crippen LogP contribution >= 0.6 is 0 Å². The summed E-state index contributed by atoms with van der Waals surface area (Å²) >= 11 is 0. The second-order valence-electron chi connectivity index (χ2n) is 7.52. The fraction of sp³-hybridized carbons (Fsp3) is 0.450. The van der Waals surface area contributed by atoms with Crippen molar-refractivity contribution in [3.8, 4) is 0 Å². The van der Waals surface area contributed by atoms with E-state index in [2.05, 4.69) is 34.3 Å². The van der Waals surface area contributed by atoms with Gasteiger partial charge >= 0.3 is 0 Å². The first-order valence-corrected chi connectivity index (χ1v) is 9.17. The van der Waals surface area contributed by atoms with E-state index in [4.69, 9.17) is 0 Å². The summed E-state index contributed by atoms with van der Waals surface area (Å²) in [6, 6.07) is 8.15. The molecule has 25 heavy (non-hydrogen) atoms. The Hall–Kier alpha value is -2.43. The lowest BCUT2D eigenvalue weighted by atomic mass is 9.85. The van der Waals surface area contributed by atoms with Crippen molar-refractivity contribution in [3.63, 3.8) is 0 Å². The van der Waals surface area contributed by atoms with Crippen LogP contribution in [0.25, 0.3) is 0 Å². The third-order valence-electron chi connectivity index (χ3n) is 6.13. The number of allylic oxidation sites excluding steroid dienone is 2. The Labute approximate surface area is 147 Å². The van der Waals surface area contributed by atoms with Crippen LogP contribution in [0.1, 0.15) is 24.8 Å². The predicted molar refractivity (Wildman–Crippen MR) is 95.1 cm³/mol. The maximum atomic E-state index is 12.6. The molecule has 5 nitrogen and oxygen atoms in total. The van der Waals surface area contributed by atoms with E-state index >= 15 is 0 Å². The Bertz CT molecular complexity index is 747. The molecular formula is C20H21N3O2. The van der Waals surface area contributed by atoms with Crippen molar-refractivity contribution in [2.45, 2.75) is 19.3 Å². The molecule has 2 heterocycles. The fourth-order valence-electron chi connectivity index (χ4n) is 4.87. The lowest BCUT2D eigenvalue weighted by Crippen LogP contribution is -2.28. The number of benzene rings is 1. The molecule has 0 spiro atoms. The maximum Gasteiger partial charge on any atom is 0.254 e. The van der Waals surface area contributed by atoms with Crippen molar-refractivity contribution in [1.29, 1.82) is 0 Å². The standard InChI is InChI=1S/C20H21N3O2/c24-19-17-14-5-6-15(11-14)18(17)20(25)23(19)21-12-13-3-7-16(8-4-13)22-9-1-2-10-22/h3-8,12,14-15,17-18H,1-2,9-11H2/t14-,15-,17-,18+/m0/s1. The lowest BCUT2D eigenvalue weighted by molar-refractivity contribution is -0.140. The summed E-state index contributed by atoms with van der Waals surface area (Å²) < 4.78 is 0. The van der Waals surface area contributed by atoms with Gasteiger partial charge in [0.1, 0.15) is 0 Å². The molecule has 1 aromatic rings. The van der Waals surface area contributed by atoms with Crippen molar-refractivity contribution >= 4 is 23.7 Å². The minimum atomic E-state index is -0.183. The van der Waals surface area contributed by atoms with E-state index in [9.17, 15) is 9.59 Å². The van der Waals surface area contributed by atoms with Crippen molar-refractivity contribution in [1.82, 2.24) is 5.01 Å². The number of fused-ring (bicyclic) bond motifs is 5. The van der Waals surface area contributed by atoms with Gasteiger partial charge in [0.05, 0.1) is 18.1 Å². The van der Waals surface area contributed by atoms with Crippen molar-refractivity contribution in [3.05, 3.63) is 42.0 Å². The molecule has 0 unspecified atom stereocenters. The zero-order valence-electron chi connectivity index (χ0n) is 14.0. The molecule has 0 radical (unpaired) electrons. The number of nitrogens with zero attached hydrogens (tertiary/aromatic N) is 3. The van der Waals surface area contributed by atoms with Gasteiger partial charge in [-0.15, -0.1) is 0 Å². The molecule has 3 fully saturated rings. The van der Waals surface area contributed by atoms with Gasteiger partial charge in [-0.1, -0.05) is 24.3 Å². The number of hydrazone groups is 1. The monoisotopic (exact) mass is 335 g/mol. The highest BCUT2D eigenvalue weighted by molar-refractivity contribution is 6.06. The van der Waals surface area contributed by atoms with Gasteiger partial charge in [-0.3, -0.25) is 9.59 Å². The normalized spacial score (nSPS) is 33.3. The Morgan fingerprint density at radius 1 is 0.920 bits per heavy atom. The predicted octanol–water partition coefficient (Wildman–Crippen LogP) is 2.43. The lowest BCUT2D eigenvalue weighted by Gasteiger charge is -2.17. The van der Waals surface area contributed by atoms with E-state index in [1.165, 1.54) is 18.5 Å². The van der Waals surface area contributed by atoms with Crippen LogP contribution in [0.15, 0.2) is 41.5 Å². The molecule has 2 aliphatic heterocycles. The summed E-state index contributed by atoms with van der Waals surface area (Å²) in [6.07, 6.45) is 9.27. The second-order valence-corrected chi connectivity index (χ2v) is 7.52. The van der Waals surface area contributed by atoms with Gasteiger partial charge in [0, 0.05) is 18.8 Å². The molecule has 4 aliphatic rings. The van der Waals surface area contributed by atoms with Crippen LogP contribution in [0, 0.1) is 23.7 Å². The highest BCUT2D eigenvalue weighted by Gasteiger charge is 2.59. The number of amides is 2. The van der Waals surface area contributed by atoms with Crippen LogP contribution in [0.4, 0.5) is 5.69 Å². The van der Waals surface area contributed by atoms with E-state index in [0.29, 0.717) is 0 Å². The van der Waals surface area contributed by atoms with E-state index in [1.807, 2.05) is 12.1 Å². The Morgan fingerprint density at radius 2 is 1.52 bits per heavy atom. The van der Waals surface area contributed by atoms with Crippen LogP contribution in [0.3, 0.4) is 0 Å². The third kappa shape index (κ3) is 2.25. The molecule has 1 aromatic carbocycles. The third-order valence-corrected chi connectivity index (χ3v) is 6.13. The van der Waals surface area contributed by atoms with E-state index < -0.39 is 0 Å². The van der Waals surface area contributed by atoms with Gasteiger partial charge in [-0.05, 0) is 48.8 Å². The number of imide groups is 1. The van der Waals surface area contributed by atoms with Crippen LogP contribution in [0.2, 0.25) is 0 Å². The summed E-state index contributed by atoms with van der Waals surface area (Å²) in [4.78, 5) is 27.5. The quantitative estimate of drug-likeness (QED) is 0.484. The Kier molecular flexibility index (Phi) is 3.30. The van der Waals surface area contributed by atoms with Crippen molar-refractivity contribution < 1.29 is 9.59 Å². The Balaban J connectivity index is 1.32. The molecule has 0 N–H and O–H groups in total. The van der Waals surface area contributed by atoms with Gasteiger partial charge < -0.3 is 4.90 Å². The highest BCUT2D eigenvalue weighted by atomic mass is 16.2. The Morgan fingerprint density at radius 3 is 2.12 bits per heavy atom. The average Bonchev–Trinajstić information content (AvgIpc) is 3.40. The summed E-state index contributed by atoms with van der Waals surface area (Å²) in [6.45, 7) is 2.23. The van der Waals surface area contributed by atoms with Crippen LogP contribution in [-0.4, -0.2) is 36.1 Å². The SMILES string of the molecule is O=C1[C@@H]2[C@H](C(=O)N1N=Cc1ccc(N3CCCC3)cc1)[C@H]1C=C[C@H]2C1. The first-order chi connectivity index (χ1) is 12.2. The van der Waals surface area contributed by atoms with Gasteiger partial charge in [-0.2, -0.15) is 10.1 Å². The summed E-state index contributed by atoms with van der Waals surface area (Å²) in [5.74, 6) is -0.166. The molecule has 0 aromatic heterocycles. The van der Waals surface area contributed by atoms with Gasteiger partial charge in [0.2, 0.25) is 0 Å². The zero-order chi connectivity index (χ0) is 17.0. The average molecular weight is 335 g/mol. The number of anilines is 1. The molecule has 5 rings (SSSR count). The van der Waals surface area contributed by atoms with E-state index in [1.54, 1.807) is 6.21 Å². The van der Waals surface area contributed by atoms with E-state index in [0.717, 1.165) is 30.1 Å². The number of rotatable bonds is 3. The minimum Gasteiger partial charge on any atom is -0.372 e. The van der Waals surface area contributed by atoms with Gasteiger partial charge in [0.15, 0.2) is 0 Å². The molecule has 128 valence electrons. The van der Waals surface area contributed by atoms with E-state index in [-0.39, 0.29) is 35.5 Å². The summed E-state index contributed by atoms with van der Waals surface area (Å²) in [5, 5.41) is 5.34. The number of hydrogen-bond acceptors (Lipinski definition) is 4. The maximum absolute atomic E-state index is 12.6. The topological polar surface area (TPSA) is 53.0 Å². The van der Waals surface area contributed by atoms with Crippen LogP contribution in [0.5, 0.6) is 0 Å². The molecule has 2 amide bonds. The minimum absolute atomic E-state index is 0.128. The molecular weight excluding hydrogens is 314 g/mol. The molecule has 2 aliphatic carbocycles. The second kappa shape index (κ2) is 5.55. The molecule has 2 bridgehead atoms. The number of hydrogen-bond donors (Lipinski definition) is 0. The van der Waals surface area contributed by atoms with Crippen LogP contribution < -0.4 is 4.90 Å².